The highest BCUT2D eigenvalue weighted by Gasteiger charge is 2.22. The van der Waals surface area contributed by atoms with E-state index in [4.69, 9.17) is 9.47 Å². The Kier molecular flexibility index (Phi) is 8.01. The van der Waals surface area contributed by atoms with Crippen LogP contribution in [0.5, 0.6) is 5.75 Å². The zero-order chi connectivity index (χ0) is 22.1. The Morgan fingerprint density at radius 2 is 1.77 bits per heavy atom. The molecule has 1 amide bonds. The maximum atomic E-state index is 12.6. The Morgan fingerprint density at radius 3 is 2.52 bits per heavy atom. The Morgan fingerprint density at radius 1 is 1.03 bits per heavy atom. The molecule has 0 aliphatic heterocycles. The summed E-state index contributed by atoms with van der Waals surface area (Å²) in [6.07, 6.45) is 4.04. The van der Waals surface area contributed by atoms with Gasteiger partial charge in [-0.25, -0.2) is 4.79 Å². The van der Waals surface area contributed by atoms with Crippen LogP contribution in [0.1, 0.15) is 36.2 Å². The van der Waals surface area contributed by atoms with Crippen LogP contribution in [0.3, 0.4) is 0 Å². The third kappa shape index (κ3) is 5.83. The van der Waals surface area contributed by atoms with Crippen molar-refractivity contribution in [2.24, 2.45) is 0 Å². The number of para-hydroxylation sites is 1. The average Bonchev–Trinajstić information content (AvgIpc) is 3.21. The number of anilines is 1. The first-order valence-corrected chi connectivity index (χ1v) is 11.1. The van der Waals surface area contributed by atoms with E-state index < -0.39 is 5.97 Å². The maximum Gasteiger partial charge on any atom is 0.341 e. The van der Waals surface area contributed by atoms with Gasteiger partial charge in [-0.3, -0.25) is 4.79 Å². The molecular formula is C25H25NO4S. The largest absolute Gasteiger partial charge is 0.493 e. The smallest absolute Gasteiger partial charge is 0.341 e. The highest BCUT2D eigenvalue weighted by Crippen LogP contribution is 2.36. The highest BCUT2D eigenvalue weighted by atomic mass is 32.1. The molecule has 0 radical (unpaired) electrons. The monoisotopic (exact) mass is 435 g/mol. The fourth-order valence-electron chi connectivity index (χ4n) is 2.97. The lowest BCUT2D eigenvalue weighted by atomic mass is 10.0. The van der Waals surface area contributed by atoms with Gasteiger partial charge in [0.25, 0.3) is 0 Å². The first-order chi connectivity index (χ1) is 15.1. The molecule has 6 heteroatoms. The molecule has 0 unspecified atom stereocenters. The molecule has 0 spiro atoms. The van der Waals surface area contributed by atoms with Gasteiger partial charge in [-0.1, -0.05) is 55.5 Å². The van der Waals surface area contributed by atoms with Crippen LogP contribution in [0.15, 0.2) is 66.1 Å². The van der Waals surface area contributed by atoms with Crippen LogP contribution < -0.4 is 10.1 Å². The van der Waals surface area contributed by atoms with Crippen LogP contribution >= 0.6 is 11.3 Å². The Bertz CT molecular complexity index is 1060. The van der Waals surface area contributed by atoms with E-state index in [9.17, 15) is 9.59 Å². The minimum Gasteiger partial charge on any atom is -0.493 e. The van der Waals surface area contributed by atoms with Crippen molar-refractivity contribution in [3.63, 3.8) is 0 Å². The number of amides is 1. The zero-order valence-electron chi connectivity index (χ0n) is 17.6. The number of carbonyl (C=O) groups excluding carboxylic acids is 2. The second-order valence-electron chi connectivity index (χ2n) is 6.65. The van der Waals surface area contributed by atoms with Gasteiger partial charge in [0.1, 0.15) is 16.3 Å². The first kappa shape index (κ1) is 22.3. The molecule has 160 valence electrons. The van der Waals surface area contributed by atoms with Gasteiger partial charge in [-0.15, -0.1) is 11.3 Å². The minimum absolute atomic E-state index is 0.255. The van der Waals surface area contributed by atoms with Crippen molar-refractivity contribution >= 4 is 34.3 Å². The predicted molar refractivity (Wildman–Crippen MR) is 126 cm³/mol. The number of hydrogen-bond donors (Lipinski definition) is 1. The van der Waals surface area contributed by atoms with Gasteiger partial charge < -0.3 is 14.8 Å². The molecule has 0 aliphatic carbocycles. The highest BCUT2D eigenvalue weighted by molar-refractivity contribution is 7.15. The molecule has 31 heavy (non-hydrogen) atoms. The van der Waals surface area contributed by atoms with E-state index in [1.54, 1.807) is 13.0 Å². The van der Waals surface area contributed by atoms with Crippen molar-refractivity contribution < 1.29 is 19.1 Å². The molecule has 0 aliphatic rings. The summed E-state index contributed by atoms with van der Waals surface area (Å²) in [4.78, 5) is 25.2. The minimum atomic E-state index is -0.458. The van der Waals surface area contributed by atoms with Crippen LogP contribution in [-0.2, 0) is 9.53 Å². The number of ether oxygens (including phenoxy) is 2. The number of carbonyl (C=O) groups is 2. The van der Waals surface area contributed by atoms with Gasteiger partial charge in [-0.2, -0.15) is 0 Å². The molecule has 3 rings (SSSR count). The van der Waals surface area contributed by atoms with E-state index in [-0.39, 0.29) is 12.5 Å². The predicted octanol–water partition coefficient (Wildman–Crippen LogP) is 6.03. The lowest BCUT2D eigenvalue weighted by molar-refractivity contribution is -0.111. The van der Waals surface area contributed by atoms with Crippen LogP contribution in [-0.4, -0.2) is 25.1 Å². The fourth-order valence-corrected chi connectivity index (χ4v) is 3.93. The third-order valence-electron chi connectivity index (χ3n) is 4.39. The fraction of sp³-hybridized carbons (Fsp3) is 0.200. The molecule has 0 bridgehead atoms. The number of thiophene rings is 1. The summed E-state index contributed by atoms with van der Waals surface area (Å²) in [5.41, 5.74) is 2.81. The normalized spacial score (nSPS) is 10.8. The summed E-state index contributed by atoms with van der Waals surface area (Å²) in [6, 6.07) is 17.1. The molecule has 1 heterocycles. The molecule has 0 saturated heterocycles. The molecule has 0 fully saturated rings. The first-order valence-electron chi connectivity index (χ1n) is 10.2. The number of nitrogens with one attached hydrogen (secondary N) is 1. The second kappa shape index (κ2) is 11.1. The molecule has 3 aromatic rings. The summed E-state index contributed by atoms with van der Waals surface area (Å²) in [5, 5.41) is 5.14. The van der Waals surface area contributed by atoms with E-state index in [1.807, 2.05) is 66.9 Å². The number of esters is 1. The summed E-state index contributed by atoms with van der Waals surface area (Å²) in [7, 11) is 0. The van der Waals surface area contributed by atoms with E-state index in [0.29, 0.717) is 17.2 Å². The summed E-state index contributed by atoms with van der Waals surface area (Å²) in [6.45, 7) is 4.66. The molecule has 2 aromatic carbocycles. The van der Waals surface area contributed by atoms with Crippen molar-refractivity contribution in [1.29, 1.82) is 0 Å². The van der Waals surface area contributed by atoms with Crippen molar-refractivity contribution in [2.75, 3.05) is 18.5 Å². The molecular weight excluding hydrogens is 410 g/mol. The Balaban J connectivity index is 1.82. The van der Waals surface area contributed by atoms with Gasteiger partial charge in [0.05, 0.1) is 13.2 Å². The van der Waals surface area contributed by atoms with E-state index in [2.05, 4.69) is 5.32 Å². The topological polar surface area (TPSA) is 64.6 Å². The summed E-state index contributed by atoms with van der Waals surface area (Å²) < 4.78 is 11.0. The van der Waals surface area contributed by atoms with Gasteiger partial charge in [0.2, 0.25) is 5.91 Å². The van der Waals surface area contributed by atoms with Crippen LogP contribution in [0, 0.1) is 0 Å². The lowest BCUT2D eigenvalue weighted by Crippen LogP contribution is -2.12. The summed E-state index contributed by atoms with van der Waals surface area (Å²) in [5.74, 6) is -0.0689. The molecule has 0 saturated carbocycles. The zero-order valence-corrected chi connectivity index (χ0v) is 18.4. The Hall–Kier alpha value is -3.38. The summed E-state index contributed by atoms with van der Waals surface area (Å²) >= 11 is 1.30. The van der Waals surface area contributed by atoms with E-state index in [1.165, 1.54) is 17.4 Å². The average molecular weight is 436 g/mol. The van der Waals surface area contributed by atoms with E-state index >= 15 is 0 Å². The maximum absolute atomic E-state index is 12.6. The van der Waals surface area contributed by atoms with Gasteiger partial charge >= 0.3 is 5.97 Å². The van der Waals surface area contributed by atoms with Crippen molar-refractivity contribution in [2.45, 2.75) is 20.3 Å². The van der Waals surface area contributed by atoms with Crippen molar-refractivity contribution in [3.8, 4) is 16.9 Å². The number of hydrogen-bond acceptors (Lipinski definition) is 5. The van der Waals surface area contributed by atoms with E-state index in [0.717, 1.165) is 28.9 Å². The molecule has 5 nitrogen and oxygen atoms in total. The van der Waals surface area contributed by atoms with Crippen molar-refractivity contribution in [1.82, 2.24) is 0 Å². The number of benzene rings is 2. The van der Waals surface area contributed by atoms with Crippen LogP contribution in [0.25, 0.3) is 17.2 Å². The van der Waals surface area contributed by atoms with Gasteiger partial charge in [0, 0.05) is 22.6 Å². The molecule has 1 aromatic heterocycles. The van der Waals surface area contributed by atoms with Crippen molar-refractivity contribution in [3.05, 3.63) is 77.2 Å². The van der Waals surface area contributed by atoms with Crippen LogP contribution in [0.4, 0.5) is 5.00 Å². The Labute approximate surface area is 186 Å². The van der Waals surface area contributed by atoms with Gasteiger partial charge in [-0.05, 0) is 31.1 Å². The van der Waals surface area contributed by atoms with Gasteiger partial charge in [0.15, 0.2) is 0 Å². The SMILES string of the molecule is CCCOc1ccccc1C=CC(=O)Nc1scc(-c2ccccc2)c1C(=O)OCC. The lowest BCUT2D eigenvalue weighted by Gasteiger charge is -2.08. The standard InChI is InChI=1S/C25H25NO4S/c1-3-16-30-21-13-9-8-12-19(21)14-15-22(27)26-24-23(25(28)29-4-2)20(17-31-24)18-10-6-5-7-11-18/h5-15,17H,3-4,16H2,1-2H3,(H,26,27). The second-order valence-corrected chi connectivity index (χ2v) is 7.53. The third-order valence-corrected chi connectivity index (χ3v) is 5.28. The quantitative estimate of drug-likeness (QED) is 0.329. The van der Waals surface area contributed by atoms with Crippen LogP contribution in [0.2, 0.25) is 0 Å². The number of rotatable bonds is 9. The molecule has 0 atom stereocenters. The molecule has 1 N–H and O–H groups in total.